The maximum atomic E-state index is 13.1. The number of carbonyl (C=O) groups is 1. The van der Waals surface area contributed by atoms with E-state index >= 15 is 0 Å². The highest BCUT2D eigenvalue weighted by Crippen LogP contribution is 2.23. The first kappa shape index (κ1) is 13.3. The predicted molar refractivity (Wildman–Crippen MR) is 73.0 cm³/mol. The van der Waals surface area contributed by atoms with Gasteiger partial charge in [0.15, 0.2) is 0 Å². The number of nitrogens with zero attached hydrogens (tertiary/aromatic N) is 1. The lowest BCUT2D eigenvalue weighted by atomic mass is 10.2. The molecule has 0 aliphatic rings. The van der Waals surface area contributed by atoms with Gasteiger partial charge in [-0.3, -0.25) is 0 Å². The van der Waals surface area contributed by atoms with Crippen molar-refractivity contribution >= 4 is 39.1 Å². The first-order valence-electron chi connectivity index (χ1n) is 5.18. The summed E-state index contributed by atoms with van der Waals surface area (Å²) >= 11 is 3.06. The number of nitrogens with two attached hydrogens (primary N) is 1. The minimum absolute atomic E-state index is 0.0429. The van der Waals surface area contributed by atoms with Gasteiger partial charge in [-0.15, -0.1) is 0 Å². The van der Waals surface area contributed by atoms with Gasteiger partial charge in [-0.05, 0) is 40.2 Å². The van der Waals surface area contributed by atoms with E-state index in [1.807, 2.05) is 0 Å². The van der Waals surface area contributed by atoms with Crippen molar-refractivity contribution in [3.05, 3.63) is 46.3 Å². The number of hydrogen-bond donors (Lipinski definition) is 3. The highest BCUT2D eigenvalue weighted by Gasteiger charge is 2.10. The third-order valence-corrected chi connectivity index (χ3v) is 2.96. The highest BCUT2D eigenvalue weighted by molar-refractivity contribution is 9.10. The Kier molecular flexibility index (Phi) is 3.66. The second-order valence-corrected chi connectivity index (χ2v) is 4.57. The number of aromatic nitrogens is 1. The third kappa shape index (κ3) is 3.00. The van der Waals surface area contributed by atoms with Crippen molar-refractivity contribution < 1.29 is 14.3 Å². The van der Waals surface area contributed by atoms with Gasteiger partial charge in [-0.2, -0.15) is 0 Å². The molecule has 0 unspecified atom stereocenters. The second-order valence-electron chi connectivity index (χ2n) is 3.72. The molecule has 0 aliphatic heterocycles. The Morgan fingerprint density at radius 2 is 2.16 bits per heavy atom. The van der Waals surface area contributed by atoms with Gasteiger partial charge >= 0.3 is 5.97 Å². The molecule has 7 heteroatoms. The number of carboxylic acids is 1. The first-order chi connectivity index (χ1) is 8.97. The summed E-state index contributed by atoms with van der Waals surface area (Å²) in [5.74, 6) is -1.21. The molecule has 0 bridgehead atoms. The van der Waals surface area contributed by atoms with Crippen molar-refractivity contribution in [2.75, 3.05) is 11.1 Å². The lowest BCUT2D eigenvalue weighted by Crippen LogP contribution is -2.05. The quantitative estimate of drug-likeness (QED) is 0.807. The van der Waals surface area contributed by atoms with Crippen molar-refractivity contribution in [2.45, 2.75) is 0 Å². The minimum Gasteiger partial charge on any atom is -0.478 e. The summed E-state index contributed by atoms with van der Waals surface area (Å²) < 4.78 is 13.4. The molecule has 0 aliphatic carbocycles. The molecule has 0 saturated heterocycles. The summed E-state index contributed by atoms with van der Waals surface area (Å²) in [5.41, 5.74) is 6.11. The SMILES string of the molecule is Nc1cnc(Nc2ccc(F)c(Br)c2)cc1C(=O)O. The average molecular weight is 326 g/mol. The number of nitrogens with one attached hydrogen (secondary N) is 1. The van der Waals surface area contributed by atoms with Gasteiger partial charge in [0.1, 0.15) is 11.6 Å². The number of rotatable bonds is 3. The summed E-state index contributed by atoms with van der Waals surface area (Å²) in [6.07, 6.45) is 1.25. The topological polar surface area (TPSA) is 88.2 Å². The summed E-state index contributed by atoms with van der Waals surface area (Å²) in [4.78, 5) is 14.9. The summed E-state index contributed by atoms with van der Waals surface area (Å²) in [5, 5.41) is 11.8. The van der Waals surface area contributed by atoms with Crippen molar-refractivity contribution in [1.29, 1.82) is 0 Å². The summed E-state index contributed by atoms with van der Waals surface area (Å²) in [7, 11) is 0. The minimum atomic E-state index is -1.14. The molecule has 5 nitrogen and oxygen atoms in total. The molecule has 0 radical (unpaired) electrons. The van der Waals surface area contributed by atoms with Crippen LogP contribution in [-0.2, 0) is 0 Å². The standard InChI is InChI=1S/C12H9BrFN3O2/c13-8-3-6(1-2-9(8)14)17-11-4-7(12(18)19)10(15)5-16-11/h1-5H,15H2,(H,16,17)(H,18,19). The van der Waals surface area contributed by atoms with Crippen molar-refractivity contribution in [2.24, 2.45) is 0 Å². The monoisotopic (exact) mass is 325 g/mol. The number of nitrogen functional groups attached to an aromatic ring is 1. The van der Waals surface area contributed by atoms with E-state index in [0.29, 0.717) is 16.0 Å². The van der Waals surface area contributed by atoms with Gasteiger partial charge < -0.3 is 16.2 Å². The van der Waals surface area contributed by atoms with E-state index in [-0.39, 0.29) is 17.1 Å². The smallest absolute Gasteiger partial charge is 0.337 e. The fourth-order valence-corrected chi connectivity index (χ4v) is 1.82. The summed E-state index contributed by atoms with van der Waals surface area (Å²) in [6.45, 7) is 0. The van der Waals surface area contributed by atoms with Crippen LogP contribution in [0.4, 0.5) is 21.6 Å². The largest absolute Gasteiger partial charge is 0.478 e. The molecule has 1 heterocycles. The zero-order valence-corrected chi connectivity index (χ0v) is 11.1. The maximum absolute atomic E-state index is 13.1. The number of halogens is 2. The zero-order valence-electron chi connectivity index (χ0n) is 9.52. The van der Waals surface area contributed by atoms with Crippen LogP contribution < -0.4 is 11.1 Å². The Morgan fingerprint density at radius 1 is 1.42 bits per heavy atom. The molecule has 1 aromatic carbocycles. The van der Waals surface area contributed by atoms with E-state index in [4.69, 9.17) is 10.8 Å². The van der Waals surface area contributed by atoms with Gasteiger partial charge in [0.05, 0.1) is 21.9 Å². The van der Waals surface area contributed by atoms with Crippen LogP contribution in [0.25, 0.3) is 0 Å². The van der Waals surface area contributed by atoms with E-state index in [2.05, 4.69) is 26.2 Å². The molecule has 0 spiro atoms. The van der Waals surface area contributed by atoms with E-state index < -0.39 is 5.97 Å². The lowest BCUT2D eigenvalue weighted by molar-refractivity contribution is 0.0698. The van der Waals surface area contributed by atoms with Gasteiger partial charge in [0.2, 0.25) is 0 Å². The van der Waals surface area contributed by atoms with E-state index in [0.717, 1.165) is 0 Å². The number of carboxylic acid groups (broad SMARTS) is 1. The molecule has 0 saturated carbocycles. The number of pyridine rings is 1. The fraction of sp³-hybridized carbons (Fsp3) is 0. The van der Waals surface area contributed by atoms with Crippen LogP contribution in [0.15, 0.2) is 34.9 Å². The molecule has 19 heavy (non-hydrogen) atoms. The fourth-order valence-electron chi connectivity index (χ4n) is 1.44. The molecular formula is C12H9BrFN3O2. The normalized spacial score (nSPS) is 10.2. The van der Waals surface area contributed by atoms with Gasteiger partial charge in [-0.25, -0.2) is 14.2 Å². The lowest BCUT2D eigenvalue weighted by Gasteiger charge is -2.08. The molecule has 98 valence electrons. The Bertz CT molecular complexity index is 649. The van der Waals surface area contributed by atoms with Crippen LogP contribution in [0.3, 0.4) is 0 Å². The van der Waals surface area contributed by atoms with E-state index in [1.54, 1.807) is 0 Å². The van der Waals surface area contributed by atoms with Crippen LogP contribution in [-0.4, -0.2) is 16.1 Å². The van der Waals surface area contributed by atoms with Crippen LogP contribution in [0, 0.1) is 5.82 Å². The first-order valence-corrected chi connectivity index (χ1v) is 5.97. The number of aromatic carboxylic acids is 1. The molecule has 4 N–H and O–H groups in total. The van der Waals surface area contributed by atoms with E-state index in [9.17, 15) is 9.18 Å². The van der Waals surface area contributed by atoms with Gasteiger partial charge in [-0.1, -0.05) is 0 Å². The average Bonchev–Trinajstić information content (AvgIpc) is 2.36. The van der Waals surface area contributed by atoms with Crippen molar-refractivity contribution in [3.8, 4) is 0 Å². The van der Waals surface area contributed by atoms with Gasteiger partial charge in [0, 0.05) is 5.69 Å². The van der Waals surface area contributed by atoms with Crippen LogP contribution in [0.2, 0.25) is 0 Å². The van der Waals surface area contributed by atoms with Crippen LogP contribution in [0.1, 0.15) is 10.4 Å². The Balaban J connectivity index is 2.30. The molecule has 2 aromatic rings. The Morgan fingerprint density at radius 3 is 2.79 bits per heavy atom. The molecule has 0 atom stereocenters. The van der Waals surface area contributed by atoms with Crippen LogP contribution in [0.5, 0.6) is 0 Å². The highest BCUT2D eigenvalue weighted by atomic mass is 79.9. The Labute approximate surface area is 116 Å². The molecule has 1 aromatic heterocycles. The molecule has 0 fully saturated rings. The van der Waals surface area contributed by atoms with E-state index in [1.165, 1.54) is 30.5 Å². The summed E-state index contributed by atoms with van der Waals surface area (Å²) in [6, 6.07) is 5.63. The van der Waals surface area contributed by atoms with Crippen molar-refractivity contribution in [1.82, 2.24) is 4.98 Å². The molecular weight excluding hydrogens is 317 g/mol. The second kappa shape index (κ2) is 5.23. The van der Waals surface area contributed by atoms with Gasteiger partial charge in [0.25, 0.3) is 0 Å². The molecule has 0 amide bonds. The number of benzene rings is 1. The van der Waals surface area contributed by atoms with Crippen molar-refractivity contribution in [3.63, 3.8) is 0 Å². The molecule has 2 rings (SSSR count). The Hall–Kier alpha value is -2.15. The number of anilines is 3. The maximum Gasteiger partial charge on any atom is 0.337 e. The zero-order chi connectivity index (χ0) is 14.0. The third-order valence-electron chi connectivity index (χ3n) is 2.36. The van der Waals surface area contributed by atoms with Crippen LogP contribution >= 0.6 is 15.9 Å². The number of hydrogen-bond acceptors (Lipinski definition) is 4. The predicted octanol–water partition coefficient (Wildman–Crippen LogP) is 3.01.